The molecule has 0 spiro atoms. The predicted molar refractivity (Wildman–Crippen MR) is 68.2 cm³/mol. The van der Waals surface area contributed by atoms with Gasteiger partial charge >= 0.3 is 0 Å². The van der Waals surface area contributed by atoms with Gasteiger partial charge in [-0.05, 0) is 43.4 Å². The second-order valence-electron chi connectivity index (χ2n) is 4.55. The molecule has 0 aliphatic rings. The topological polar surface area (TPSA) is 38.0 Å². The Morgan fingerprint density at radius 3 is 2.73 bits per heavy atom. The lowest BCUT2D eigenvalue weighted by atomic mass is 10.1. The van der Waals surface area contributed by atoms with Crippen molar-refractivity contribution in [1.82, 2.24) is 0 Å². The minimum atomic E-state index is 0.779. The van der Waals surface area contributed by atoms with Gasteiger partial charge in [0.1, 0.15) is 0 Å². The largest absolute Gasteiger partial charge is 0.397 e. The number of nitrogens with one attached hydrogen (secondary N) is 1. The minimum absolute atomic E-state index is 0.779. The van der Waals surface area contributed by atoms with Gasteiger partial charge in [-0.1, -0.05) is 19.9 Å². The molecule has 0 saturated heterocycles. The highest BCUT2D eigenvalue weighted by atomic mass is 14.9. The molecule has 0 fully saturated rings. The van der Waals surface area contributed by atoms with Crippen LogP contribution in [0.15, 0.2) is 18.2 Å². The Morgan fingerprint density at radius 1 is 1.33 bits per heavy atom. The molecule has 0 aromatic heterocycles. The van der Waals surface area contributed by atoms with Crippen molar-refractivity contribution >= 4 is 11.4 Å². The van der Waals surface area contributed by atoms with Crippen molar-refractivity contribution in [2.75, 3.05) is 17.6 Å². The number of rotatable bonds is 5. The molecule has 15 heavy (non-hydrogen) atoms. The van der Waals surface area contributed by atoms with E-state index in [1.54, 1.807) is 0 Å². The van der Waals surface area contributed by atoms with Crippen molar-refractivity contribution in [2.24, 2.45) is 5.92 Å². The SMILES string of the molecule is Cc1ccc(N)c(NCCCC(C)C)c1. The van der Waals surface area contributed by atoms with Crippen LogP contribution in [0.25, 0.3) is 0 Å². The first-order valence-electron chi connectivity index (χ1n) is 5.69. The minimum Gasteiger partial charge on any atom is -0.397 e. The standard InChI is InChI=1S/C13H22N2/c1-10(2)5-4-8-15-13-9-11(3)6-7-12(13)14/h6-7,9-10,15H,4-5,8,14H2,1-3H3. The predicted octanol–water partition coefficient (Wildman–Crippen LogP) is 3.43. The zero-order valence-corrected chi connectivity index (χ0v) is 10.0. The molecule has 0 radical (unpaired) electrons. The van der Waals surface area contributed by atoms with Crippen molar-refractivity contribution in [3.05, 3.63) is 23.8 Å². The summed E-state index contributed by atoms with van der Waals surface area (Å²) in [6.07, 6.45) is 2.46. The Kier molecular flexibility index (Phi) is 4.47. The van der Waals surface area contributed by atoms with Crippen LogP contribution in [0.4, 0.5) is 11.4 Å². The lowest BCUT2D eigenvalue weighted by Crippen LogP contribution is -2.05. The number of nitrogens with two attached hydrogens (primary N) is 1. The number of hydrogen-bond donors (Lipinski definition) is 2. The van der Waals surface area contributed by atoms with Gasteiger partial charge in [-0.25, -0.2) is 0 Å². The summed E-state index contributed by atoms with van der Waals surface area (Å²) in [5, 5.41) is 3.38. The molecule has 1 rings (SSSR count). The maximum atomic E-state index is 5.87. The summed E-state index contributed by atoms with van der Waals surface area (Å²) < 4.78 is 0. The van der Waals surface area contributed by atoms with Crippen LogP contribution >= 0.6 is 0 Å². The van der Waals surface area contributed by atoms with Gasteiger partial charge in [0.25, 0.3) is 0 Å². The summed E-state index contributed by atoms with van der Waals surface area (Å²) in [5.74, 6) is 0.779. The van der Waals surface area contributed by atoms with E-state index in [1.165, 1.54) is 18.4 Å². The molecule has 2 heteroatoms. The summed E-state index contributed by atoms with van der Waals surface area (Å²) in [5.41, 5.74) is 9.02. The fraction of sp³-hybridized carbons (Fsp3) is 0.538. The molecule has 1 aromatic carbocycles. The summed E-state index contributed by atoms with van der Waals surface area (Å²) in [7, 11) is 0. The normalized spacial score (nSPS) is 10.7. The Bertz CT molecular complexity index is 305. The zero-order chi connectivity index (χ0) is 11.3. The average Bonchev–Trinajstić information content (AvgIpc) is 2.17. The van der Waals surface area contributed by atoms with Gasteiger partial charge in [-0.2, -0.15) is 0 Å². The van der Waals surface area contributed by atoms with Gasteiger partial charge in [-0.15, -0.1) is 0 Å². The second kappa shape index (κ2) is 5.64. The van der Waals surface area contributed by atoms with E-state index in [1.807, 2.05) is 12.1 Å². The van der Waals surface area contributed by atoms with Gasteiger partial charge in [-0.3, -0.25) is 0 Å². The molecule has 84 valence electrons. The fourth-order valence-electron chi connectivity index (χ4n) is 1.56. The van der Waals surface area contributed by atoms with E-state index >= 15 is 0 Å². The summed E-state index contributed by atoms with van der Waals surface area (Å²) >= 11 is 0. The van der Waals surface area contributed by atoms with E-state index in [4.69, 9.17) is 5.73 Å². The molecule has 2 nitrogen and oxygen atoms in total. The fourth-order valence-corrected chi connectivity index (χ4v) is 1.56. The van der Waals surface area contributed by atoms with Crippen LogP contribution in [-0.4, -0.2) is 6.54 Å². The van der Waals surface area contributed by atoms with Crippen molar-refractivity contribution in [2.45, 2.75) is 33.6 Å². The maximum absolute atomic E-state index is 5.87. The van der Waals surface area contributed by atoms with E-state index in [0.717, 1.165) is 23.8 Å². The van der Waals surface area contributed by atoms with Gasteiger partial charge < -0.3 is 11.1 Å². The molecule has 0 bridgehead atoms. The van der Waals surface area contributed by atoms with E-state index in [9.17, 15) is 0 Å². The third-order valence-electron chi connectivity index (χ3n) is 2.48. The van der Waals surface area contributed by atoms with Crippen LogP contribution in [0.1, 0.15) is 32.3 Å². The zero-order valence-electron chi connectivity index (χ0n) is 10.0. The van der Waals surface area contributed by atoms with Crippen LogP contribution < -0.4 is 11.1 Å². The number of nitrogen functional groups attached to an aromatic ring is 1. The lowest BCUT2D eigenvalue weighted by Gasteiger charge is -2.10. The monoisotopic (exact) mass is 206 g/mol. The molecule has 0 heterocycles. The van der Waals surface area contributed by atoms with Crippen LogP contribution in [0.2, 0.25) is 0 Å². The van der Waals surface area contributed by atoms with Crippen molar-refractivity contribution in [1.29, 1.82) is 0 Å². The van der Waals surface area contributed by atoms with Crippen LogP contribution in [0, 0.1) is 12.8 Å². The highest BCUT2D eigenvalue weighted by Gasteiger charge is 1.99. The van der Waals surface area contributed by atoms with Gasteiger partial charge in [0.2, 0.25) is 0 Å². The van der Waals surface area contributed by atoms with Crippen LogP contribution in [-0.2, 0) is 0 Å². The van der Waals surface area contributed by atoms with Gasteiger partial charge in [0.15, 0.2) is 0 Å². The Labute approximate surface area is 92.9 Å². The van der Waals surface area contributed by atoms with E-state index in [-0.39, 0.29) is 0 Å². The maximum Gasteiger partial charge on any atom is 0.0576 e. The molecule has 0 aliphatic heterocycles. The number of anilines is 2. The van der Waals surface area contributed by atoms with Crippen molar-refractivity contribution in [3.63, 3.8) is 0 Å². The molecule has 0 saturated carbocycles. The molecule has 1 aromatic rings. The number of benzene rings is 1. The Balaban J connectivity index is 2.40. The first-order chi connectivity index (χ1) is 7.09. The average molecular weight is 206 g/mol. The highest BCUT2D eigenvalue weighted by molar-refractivity contribution is 5.66. The van der Waals surface area contributed by atoms with E-state index in [0.29, 0.717) is 0 Å². The summed E-state index contributed by atoms with van der Waals surface area (Å²) in [4.78, 5) is 0. The Hall–Kier alpha value is -1.18. The molecular formula is C13H22N2. The number of aryl methyl sites for hydroxylation is 1. The molecular weight excluding hydrogens is 184 g/mol. The van der Waals surface area contributed by atoms with E-state index < -0.39 is 0 Å². The summed E-state index contributed by atoms with van der Waals surface area (Å²) in [6, 6.07) is 6.10. The molecule has 0 unspecified atom stereocenters. The quantitative estimate of drug-likeness (QED) is 0.572. The van der Waals surface area contributed by atoms with Crippen LogP contribution in [0.3, 0.4) is 0 Å². The van der Waals surface area contributed by atoms with Crippen molar-refractivity contribution in [3.8, 4) is 0 Å². The Morgan fingerprint density at radius 2 is 2.07 bits per heavy atom. The van der Waals surface area contributed by atoms with Gasteiger partial charge in [0, 0.05) is 6.54 Å². The number of hydrogen-bond acceptors (Lipinski definition) is 2. The molecule has 0 atom stereocenters. The second-order valence-corrected chi connectivity index (χ2v) is 4.55. The van der Waals surface area contributed by atoms with Crippen LogP contribution in [0.5, 0.6) is 0 Å². The first kappa shape index (κ1) is 11.9. The first-order valence-corrected chi connectivity index (χ1v) is 5.69. The third-order valence-corrected chi connectivity index (χ3v) is 2.48. The van der Waals surface area contributed by atoms with Gasteiger partial charge in [0.05, 0.1) is 11.4 Å². The highest BCUT2D eigenvalue weighted by Crippen LogP contribution is 2.19. The lowest BCUT2D eigenvalue weighted by molar-refractivity contribution is 0.567. The molecule has 0 amide bonds. The molecule has 3 N–H and O–H groups in total. The smallest absolute Gasteiger partial charge is 0.0576 e. The molecule has 0 aliphatic carbocycles. The van der Waals surface area contributed by atoms with E-state index in [2.05, 4.69) is 32.2 Å². The third kappa shape index (κ3) is 4.24. The van der Waals surface area contributed by atoms with Crippen molar-refractivity contribution < 1.29 is 0 Å². The summed E-state index contributed by atoms with van der Waals surface area (Å²) in [6.45, 7) is 7.59.